The molecule has 0 bridgehead atoms. The van der Waals surface area contributed by atoms with Crippen LogP contribution in [0.25, 0.3) is 0 Å². The summed E-state index contributed by atoms with van der Waals surface area (Å²) in [4.78, 5) is 11.8. The minimum absolute atomic E-state index is 0.112. The van der Waals surface area contributed by atoms with Crippen LogP contribution in [0, 0.1) is 0 Å². The molecule has 2 aromatic carbocycles. The zero-order chi connectivity index (χ0) is 16.7. The van der Waals surface area contributed by atoms with Gasteiger partial charge in [-0.15, -0.1) is 0 Å². The van der Waals surface area contributed by atoms with Gasteiger partial charge >= 0.3 is 0 Å². The van der Waals surface area contributed by atoms with Gasteiger partial charge in [-0.05, 0) is 30.7 Å². The summed E-state index contributed by atoms with van der Waals surface area (Å²) >= 11 is 12.0. The Balaban J connectivity index is 1.97. The van der Waals surface area contributed by atoms with Crippen molar-refractivity contribution in [3.8, 4) is 5.75 Å². The first-order chi connectivity index (χ1) is 11.1. The third kappa shape index (κ3) is 5.27. The van der Waals surface area contributed by atoms with Crippen LogP contribution in [0.2, 0.25) is 10.0 Å². The summed E-state index contributed by atoms with van der Waals surface area (Å²) in [6.07, 6.45) is 0.612. The topological polar surface area (TPSA) is 50.7 Å². The number of nitrogens with zero attached hydrogens (tertiary/aromatic N) is 1. The van der Waals surface area contributed by atoms with E-state index in [1.807, 2.05) is 25.1 Å². The minimum atomic E-state index is -0.343. The summed E-state index contributed by atoms with van der Waals surface area (Å²) in [6.45, 7) is 1.81. The first kappa shape index (κ1) is 17.3. The second-order valence-electron chi connectivity index (χ2n) is 4.67. The quantitative estimate of drug-likeness (QED) is 0.623. The lowest BCUT2D eigenvalue weighted by atomic mass is 10.1. The van der Waals surface area contributed by atoms with E-state index in [9.17, 15) is 4.79 Å². The molecule has 1 amide bonds. The van der Waals surface area contributed by atoms with Crippen molar-refractivity contribution in [1.82, 2.24) is 5.43 Å². The zero-order valence-corrected chi connectivity index (χ0v) is 14.1. The van der Waals surface area contributed by atoms with Crippen LogP contribution in [0.3, 0.4) is 0 Å². The number of ether oxygens (including phenoxy) is 1. The van der Waals surface area contributed by atoms with Gasteiger partial charge in [-0.2, -0.15) is 5.10 Å². The molecule has 0 saturated heterocycles. The fraction of sp³-hybridized carbons (Fsp3) is 0.176. The molecule has 0 aliphatic rings. The van der Waals surface area contributed by atoms with Gasteiger partial charge in [-0.3, -0.25) is 4.79 Å². The molecule has 4 nitrogen and oxygen atoms in total. The number of para-hydroxylation sites is 1. The van der Waals surface area contributed by atoms with Crippen molar-refractivity contribution in [2.75, 3.05) is 6.61 Å². The van der Waals surface area contributed by atoms with Gasteiger partial charge < -0.3 is 4.74 Å². The van der Waals surface area contributed by atoms with Gasteiger partial charge in [0.15, 0.2) is 6.61 Å². The summed E-state index contributed by atoms with van der Waals surface area (Å²) in [6, 6.07) is 14.3. The van der Waals surface area contributed by atoms with E-state index in [1.54, 1.807) is 30.3 Å². The Kier molecular flexibility index (Phi) is 6.44. The van der Waals surface area contributed by atoms with E-state index in [4.69, 9.17) is 27.9 Å². The van der Waals surface area contributed by atoms with E-state index in [0.717, 1.165) is 5.56 Å². The summed E-state index contributed by atoms with van der Waals surface area (Å²) < 4.78 is 5.35. The number of halogens is 2. The molecule has 2 rings (SSSR count). The molecule has 23 heavy (non-hydrogen) atoms. The lowest BCUT2D eigenvalue weighted by molar-refractivity contribution is -0.123. The first-order valence-electron chi connectivity index (χ1n) is 7.09. The number of hydrogen-bond donors (Lipinski definition) is 1. The monoisotopic (exact) mass is 350 g/mol. The van der Waals surface area contributed by atoms with Crippen LogP contribution < -0.4 is 10.2 Å². The molecule has 0 aliphatic carbocycles. The highest BCUT2D eigenvalue weighted by Gasteiger charge is 2.08. The van der Waals surface area contributed by atoms with Crippen LogP contribution in [0.15, 0.2) is 53.6 Å². The fourth-order valence-electron chi connectivity index (χ4n) is 1.88. The lowest BCUT2D eigenvalue weighted by Crippen LogP contribution is -2.26. The minimum Gasteiger partial charge on any atom is -0.484 e. The van der Waals surface area contributed by atoms with Crippen molar-refractivity contribution in [1.29, 1.82) is 0 Å². The number of amides is 1. The Morgan fingerprint density at radius 2 is 1.91 bits per heavy atom. The average molecular weight is 351 g/mol. The standard InChI is InChI=1S/C17H16Cl2N2O2/c1-2-16(14-9-8-12(18)10-15(14)19)20-21-17(22)11-23-13-6-4-3-5-7-13/h3-10H,2,11H2,1H3,(H,21,22). The van der Waals surface area contributed by atoms with Crippen molar-refractivity contribution in [2.24, 2.45) is 5.10 Å². The second kappa shape index (κ2) is 8.56. The van der Waals surface area contributed by atoms with Crippen molar-refractivity contribution in [3.05, 3.63) is 64.1 Å². The predicted molar refractivity (Wildman–Crippen MR) is 93.4 cm³/mol. The molecule has 0 radical (unpaired) electrons. The normalized spacial score (nSPS) is 11.2. The molecule has 0 spiro atoms. The first-order valence-corrected chi connectivity index (χ1v) is 7.84. The maximum atomic E-state index is 11.8. The Bertz CT molecular complexity index is 703. The van der Waals surface area contributed by atoms with Crippen LogP contribution in [0.5, 0.6) is 5.75 Å². The number of carbonyl (C=O) groups is 1. The number of hydrogen-bond acceptors (Lipinski definition) is 3. The maximum absolute atomic E-state index is 11.8. The van der Waals surface area contributed by atoms with E-state index < -0.39 is 0 Å². The van der Waals surface area contributed by atoms with E-state index in [1.165, 1.54) is 0 Å². The molecule has 120 valence electrons. The molecule has 0 aromatic heterocycles. The Morgan fingerprint density at radius 1 is 1.17 bits per heavy atom. The van der Waals surface area contributed by atoms with Gasteiger partial charge in [0.1, 0.15) is 5.75 Å². The summed E-state index contributed by atoms with van der Waals surface area (Å²) in [5.74, 6) is 0.285. The molecule has 0 heterocycles. The Hall–Kier alpha value is -2.04. The molecule has 6 heteroatoms. The van der Waals surface area contributed by atoms with Gasteiger partial charge in [-0.25, -0.2) is 5.43 Å². The van der Waals surface area contributed by atoms with Gasteiger partial charge in [0.05, 0.1) is 10.7 Å². The number of carbonyl (C=O) groups excluding carboxylic acids is 1. The highest BCUT2D eigenvalue weighted by atomic mass is 35.5. The van der Waals surface area contributed by atoms with Crippen molar-refractivity contribution in [3.63, 3.8) is 0 Å². The van der Waals surface area contributed by atoms with E-state index >= 15 is 0 Å². The largest absolute Gasteiger partial charge is 0.484 e. The molecule has 0 saturated carbocycles. The lowest BCUT2D eigenvalue weighted by Gasteiger charge is -2.08. The Labute approximate surface area is 145 Å². The van der Waals surface area contributed by atoms with E-state index in [0.29, 0.717) is 27.9 Å². The molecule has 0 aliphatic heterocycles. The Morgan fingerprint density at radius 3 is 2.57 bits per heavy atom. The van der Waals surface area contributed by atoms with Crippen molar-refractivity contribution >= 4 is 34.8 Å². The van der Waals surface area contributed by atoms with E-state index in [-0.39, 0.29) is 12.5 Å². The summed E-state index contributed by atoms with van der Waals surface area (Å²) in [5, 5.41) is 5.17. The highest BCUT2D eigenvalue weighted by Crippen LogP contribution is 2.22. The van der Waals surface area contributed by atoms with Gasteiger partial charge in [0.2, 0.25) is 0 Å². The third-order valence-corrected chi connectivity index (χ3v) is 3.55. The predicted octanol–water partition coefficient (Wildman–Crippen LogP) is 4.30. The molecule has 0 atom stereocenters. The zero-order valence-electron chi connectivity index (χ0n) is 12.6. The molecule has 0 unspecified atom stereocenters. The van der Waals surface area contributed by atoms with Gasteiger partial charge in [0.25, 0.3) is 5.91 Å². The number of hydrazone groups is 1. The highest BCUT2D eigenvalue weighted by molar-refractivity contribution is 6.37. The van der Waals surface area contributed by atoms with Crippen molar-refractivity contribution in [2.45, 2.75) is 13.3 Å². The molecular weight excluding hydrogens is 335 g/mol. The molecule has 0 fully saturated rings. The molecular formula is C17H16Cl2N2O2. The van der Waals surface area contributed by atoms with Crippen LogP contribution in [-0.4, -0.2) is 18.2 Å². The summed E-state index contributed by atoms with van der Waals surface area (Å²) in [5.41, 5.74) is 3.88. The number of benzene rings is 2. The maximum Gasteiger partial charge on any atom is 0.277 e. The fourth-order valence-corrected chi connectivity index (χ4v) is 2.40. The smallest absolute Gasteiger partial charge is 0.277 e. The third-order valence-electron chi connectivity index (χ3n) is 3.01. The van der Waals surface area contributed by atoms with Crippen LogP contribution >= 0.6 is 23.2 Å². The molecule has 1 N–H and O–H groups in total. The van der Waals surface area contributed by atoms with E-state index in [2.05, 4.69) is 10.5 Å². The van der Waals surface area contributed by atoms with Crippen LogP contribution in [0.4, 0.5) is 0 Å². The SMILES string of the molecule is CCC(=NNC(=O)COc1ccccc1)c1ccc(Cl)cc1Cl. The number of rotatable bonds is 6. The van der Waals surface area contributed by atoms with Crippen molar-refractivity contribution < 1.29 is 9.53 Å². The van der Waals surface area contributed by atoms with Gasteiger partial charge in [-0.1, -0.05) is 54.4 Å². The second-order valence-corrected chi connectivity index (χ2v) is 5.52. The van der Waals surface area contributed by atoms with Gasteiger partial charge in [0, 0.05) is 10.6 Å². The summed E-state index contributed by atoms with van der Waals surface area (Å²) in [7, 11) is 0. The molecule has 2 aromatic rings. The van der Waals surface area contributed by atoms with Crippen LogP contribution in [-0.2, 0) is 4.79 Å². The van der Waals surface area contributed by atoms with Crippen LogP contribution in [0.1, 0.15) is 18.9 Å². The average Bonchev–Trinajstić information content (AvgIpc) is 2.56. The number of nitrogens with one attached hydrogen (secondary N) is 1.